The zero-order chi connectivity index (χ0) is 15.4. The highest BCUT2D eigenvalue weighted by atomic mass is 32.2. The number of hydrogen-bond acceptors (Lipinski definition) is 4. The quantitative estimate of drug-likeness (QED) is 0.516. The van der Waals surface area contributed by atoms with E-state index in [9.17, 15) is 13.4 Å². The van der Waals surface area contributed by atoms with Crippen molar-refractivity contribution in [3.63, 3.8) is 0 Å². The van der Waals surface area contributed by atoms with E-state index >= 15 is 0 Å². The van der Waals surface area contributed by atoms with Crippen LogP contribution >= 0.6 is 12.3 Å². The minimum Gasteiger partial charge on any atom is -0.461 e. The molecule has 1 aromatic heterocycles. The number of fused-ring (bicyclic) bond motifs is 1. The number of halogens is 2. The van der Waals surface area contributed by atoms with Gasteiger partial charge in [0.15, 0.2) is 29.6 Å². The number of hydrogen-bond donors (Lipinski definition) is 2. The lowest BCUT2D eigenvalue weighted by atomic mass is 10.00. The van der Waals surface area contributed by atoms with Gasteiger partial charge in [0.2, 0.25) is 0 Å². The monoisotopic (exact) mass is 313 g/mol. The maximum Gasteiger partial charge on any atom is 0.188 e. The van der Waals surface area contributed by atoms with Crippen LogP contribution in [-0.2, 0) is 6.42 Å². The fourth-order valence-corrected chi connectivity index (χ4v) is 2.31. The molecule has 5 nitrogen and oxygen atoms in total. The molecule has 0 spiro atoms. The summed E-state index contributed by atoms with van der Waals surface area (Å²) >= 11 is -0.346. The molecule has 3 N–H and O–H groups in total. The van der Waals surface area contributed by atoms with E-state index in [2.05, 4.69) is 9.39 Å². The van der Waals surface area contributed by atoms with Gasteiger partial charge in [-0.25, -0.2) is 9.38 Å². The maximum absolute atomic E-state index is 13.8. The topological polar surface area (TPSA) is 84.1 Å². The molecule has 21 heavy (non-hydrogen) atoms. The lowest BCUT2D eigenvalue weighted by molar-refractivity contribution is 0.248. The minimum absolute atomic E-state index is 0.0346. The van der Waals surface area contributed by atoms with Gasteiger partial charge in [-0.2, -0.15) is 4.40 Å². The molecule has 0 aliphatic rings. The maximum atomic E-state index is 13.8. The Kier molecular flexibility index (Phi) is 4.92. The van der Waals surface area contributed by atoms with Gasteiger partial charge in [0, 0.05) is 5.39 Å². The van der Waals surface area contributed by atoms with Crippen molar-refractivity contribution in [3.8, 4) is 0 Å². The second-order valence-electron chi connectivity index (χ2n) is 4.15. The van der Waals surface area contributed by atoms with Gasteiger partial charge < -0.3 is 15.3 Å². The minimum atomic E-state index is -1.35. The first-order chi connectivity index (χ1) is 10.1. The summed E-state index contributed by atoms with van der Waals surface area (Å²) in [6.07, 6.45) is 1.56. The SMILES string of the molecule is CCc1coc2c(F)ccc(C(O)C(N=CN)=NSF)c12. The van der Waals surface area contributed by atoms with Gasteiger partial charge in [-0.3, -0.25) is 0 Å². The van der Waals surface area contributed by atoms with Crippen LogP contribution in [0.5, 0.6) is 0 Å². The van der Waals surface area contributed by atoms with Gasteiger partial charge in [0.1, 0.15) is 6.10 Å². The van der Waals surface area contributed by atoms with Crippen LogP contribution in [0.4, 0.5) is 8.28 Å². The number of nitrogens with zero attached hydrogens (tertiary/aromatic N) is 2. The number of nitrogens with two attached hydrogens (primary N) is 1. The van der Waals surface area contributed by atoms with E-state index in [-0.39, 0.29) is 23.8 Å². The number of furan rings is 1. The van der Waals surface area contributed by atoms with Gasteiger partial charge in [-0.1, -0.05) is 13.0 Å². The molecule has 1 unspecified atom stereocenters. The summed E-state index contributed by atoms with van der Waals surface area (Å²) in [4.78, 5) is 3.63. The zero-order valence-electron chi connectivity index (χ0n) is 11.1. The molecule has 0 bridgehead atoms. The largest absolute Gasteiger partial charge is 0.461 e. The third kappa shape index (κ3) is 2.91. The molecule has 112 valence electrons. The standard InChI is InChI=1S/C13H13F2N3O2S/c1-2-7-5-20-12-9(14)4-3-8(10(7)12)11(19)13(17-6-16)18-21-15/h3-6,11,19H,2H2,1H3,(H2,16,17,18). The molecule has 8 heteroatoms. The average Bonchev–Trinajstić information content (AvgIpc) is 2.92. The average molecular weight is 313 g/mol. The summed E-state index contributed by atoms with van der Waals surface area (Å²) < 4.78 is 34.7. The van der Waals surface area contributed by atoms with Crippen LogP contribution < -0.4 is 5.73 Å². The van der Waals surface area contributed by atoms with Crippen molar-refractivity contribution >= 4 is 35.5 Å². The Hall–Kier alpha value is -1.93. The van der Waals surface area contributed by atoms with Gasteiger partial charge in [0.05, 0.1) is 12.6 Å². The molecule has 2 rings (SSSR count). The fourth-order valence-electron chi connectivity index (χ4n) is 2.09. The van der Waals surface area contributed by atoms with E-state index in [1.807, 2.05) is 6.92 Å². The Morgan fingerprint density at radius 1 is 1.57 bits per heavy atom. The first-order valence-corrected chi connectivity index (χ1v) is 6.77. The summed E-state index contributed by atoms with van der Waals surface area (Å²) in [5, 5.41) is 10.8. The molecule has 2 aromatic rings. The van der Waals surface area contributed by atoms with Gasteiger partial charge in [-0.05, 0) is 23.6 Å². The van der Waals surface area contributed by atoms with Crippen molar-refractivity contribution in [2.24, 2.45) is 15.1 Å². The molecule has 0 radical (unpaired) electrons. The lowest BCUT2D eigenvalue weighted by Gasteiger charge is -2.12. The van der Waals surface area contributed by atoms with Gasteiger partial charge in [-0.15, -0.1) is 3.89 Å². The molecule has 0 fully saturated rings. The molecular weight excluding hydrogens is 300 g/mol. The van der Waals surface area contributed by atoms with Crippen LogP contribution in [0, 0.1) is 5.82 Å². The molecule has 0 aliphatic heterocycles. The van der Waals surface area contributed by atoms with Crippen LogP contribution in [0.3, 0.4) is 0 Å². The predicted molar refractivity (Wildman–Crippen MR) is 79.3 cm³/mol. The highest BCUT2D eigenvalue weighted by Gasteiger charge is 2.22. The van der Waals surface area contributed by atoms with Crippen LogP contribution in [0.1, 0.15) is 24.2 Å². The van der Waals surface area contributed by atoms with E-state index < -0.39 is 11.9 Å². The summed E-state index contributed by atoms with van der Waals surface area (Å²) in [7, 11) is 0. The predicted octanol–water partition coefficient (Wildman–Crippen LogP) is 3.09. The molecular formula is C13H13F2N3O2S. The number of benzene rings is 1. The number of aryl methyl sites for hydroxylation is 1. The first kappa shape index (κ1) is 15.5. The lowest BCUT2D eigenvalue weighted by Crippen LogP contribution is -2.12. The molecule has 1 aromatic carbocycles. The molecule has 0 saturated carbocycles. The number of amidine groups is 1. The van der Waals surface area contributed by atoms with E-state index in [0.717, 1.165) is 18.0 Å². The second kappa shape index (κ2) is 6.68. The Morgan fingerprint density at radius 2 is 2.33 bits per heavy atom. The van der Waals surface area contributed by atoms with E-state index in [1.165, 1.54) is 12.3 Å². The van der Waals surface area contributed by atoms with Crippen molar-refractivity contribution < 1.29 is 17.8 Å². The van der Waals surface area contributed by atoms with Crippen molar-refractivity contribution in [1.29, 1.82) is 0 Å². The molecule has 1 heterocycles. The van der Waals surface area contributed by atoms with Crippen molar-refractivity contribution in [1.82, 2.24) is 0 Å². The van der Waals surface area contributed by atoms with Gasteiger partial charge in [0.25, 0.3) is 0 Å². The van der Waals surface area contributed by atoms with Crippen LogP contribution in [0.25, 0.3) is 11.0 Å². The van der Waals surface area contributed by atoms with E-state index in [4.69, 9.17) is 10.2 Å². The normalized spacial score (nSPS) is 14.2. The van der Waals surface area contributed by atoms with E-state index in [0.29, 0.717) is 17.4 Å². The van der Waals surface area contributed by atoms with Crippen molar-refractivity contribution in [2.45, 2.75) is 19.4 Å². The summed E-state index contributed by atoms with van der Waals surface area (Å²) in [5.41, 5.74) is 6.24. The van der Waals surface area contributed by atoms with Crippen molar-refractivity contribution in [3.05, 3.63) is 35.3 Å². The van der Waals surface area contributed by atoms with Gasteiger partial charge >= 0.3 is 0 Å². The fraction of sp³-hybridized carbons (Fsp3) is 0.231. The van der Waals surface area contributed by atoms with Crippen LogP contribution in [-0.4, -0.2) is 17.3 Å². The number of rotatable bonds is 4. The third-order valence-electron chi connectivity index (χ3n) is 3.04. The number of aliphatic imine (C=N–C) groups is 1. The molecule has 0 amide bonds. The second-order valence-corrected chi connectivity index (χ2v) is 4.48. The first-order valence-electron chi connectivity index (χ1n) is 6.10. The third-order valence-corrected chi connectivity index (χ3v) is 3.29. The Labute approximate surface area is 124 Å². The highest BCUT2D eigenvalue weighted by Crippen LogP contribution is 2.32. The molecule has 0 aliphatic carbocycles. The van der Waals surface area contributed by atoms with Crippen molar-refractivity contribution in [2.75, 3.05) is 0 Å². The number of aliphatic hydroxyl groups is 1. The van der Waals surface area contributed by atoms with Crippen LogP contribution in [0.2, 0.25) is 0 Å². The Morgan fingerprint density at radius 3 is 2.95 bits per heavy atom. The summed E-state index contributed by atoms with van der Waals surface area (Å²) in [5.74, 6) is -0.762. The summed E-state index contributed by atoms with van der Waals surface area (Å²) in [6, 6.07) is 2.55. The highest BCUT2D eigenvalue weighted by molar-refractivity contribution is 7.93. The smallest absolute Gasteiger partial charge is 0.188 e. The summed E-state index contributed by atoms with van der Waals surface area (Å²) in [6.45, 7) is 1.87. The zero-order valence-corrected chi connectivity index (χ0v) is 11.9. The Bertz CT molecular complexity index is 700. The molecule has 0 saturated heterocycles. The number of aliphatic hydroxyl groups excluding tert-OH is 1. The Balaban J connectivity index is 2.62. The van der Waals surface area contributed by atoms with E-state index in [1.54, 1.807) is 0 Å². The van der Waals surface area contributed by atoms with Crippen LogP contribution in [0.15, 0.2) is 32.2 Å². The molecule has 1 atom stereocenters.